The van der Waals surface area contributed by atoms with E-state index in [2.05, 4.69) is 0 Å². The zero-order valence-electron chi connectivity index (χ0n) is 11.1. The first-order valence-corrected chi connectivity index (χ1v) is 6.52. The van der Waals surface area contributed by atoms with Crippen LogP contribution in [-0.4, -0.2) is 0 Å². The van der Waals surface area contributed by atoms with E-state index in [0.717, 1.165) is 16.7 Å². The van der Waals surface area contributed by atoms with E-state index in [4.69, 9.17) is 10.5 Å². The van der Waals surface area contributed by atoms with E-state index in [-0.39, 0.29) is 23.8 Å². The summed E-state index contributed by atoms with van der Waals surface area (Å²) < 4.78 is 32.5. The Balaban J connectivity index is 2.00. The van der Waals surface area contributed by atoms with Gasteiger partial charge >= 0.3 is 0 Å². The molecule has 0 spiro atoms. The van der Waals surface area contributed by atoms with Crippen molar-refractivity contribution < 1.29 is 13.5 Å². The van der Waals surface area contributed by atoms with Gasteiger partial charge in [-0.15, -0.1) is 0 Å². The molecule has 4 heteroatoms. The second-order valence-electron chi connectivity index (χ2n) is 5.13. The molecule has 0 fully saturated rings. The van der Waals surface area contributed by atoms with Crippen molar-refractivity contribution in [3.8, 4) is 5.75 Å². The van der Waals surface area contributed by atoms with Gasteiger partial charge in [0, 0.05) is 24.1 Å². The van der Waals surface area contributed by atoms with Gasteiger partial charge in [0.15, 0.2) is 0 Å². The first kappa shape index (κ1) is 13.1. The van der Waals surface area contributed by atoms with E-state index in [1.165, 1.54) is 24.3 Å². The maximum absolute atomic E-state index is 13.4. The molecular weight excluding hydrogens is 260 g/mol. The fraction of sp³-hybridized carbons (Fsp3) is 0.250. The summed E-state index contributed by atoms with van der Waals surface area (Å²) in [6.45, 7) is 1.89. The summed E-state index contributed by atoms with van der Waals surface area (Å²) in [5, 5.41) is 0. The number of ether oxygens (including phenoxy) is 1. The van der Waals surface area contributed by atoms with E-state index in [1.807, 2.05) is 6.92 Å². The van der Waals surface area contributed by atoms with Crippen molar-refractivity contribution in [3.05, 3.63) is 64.7 Å². The number of aryl methyl sites for hydroxylation is 1. The average Bonchev–Trinajstić information content (AvgIpc) is 2.41. The standard InChI is InChI=1S/C16H15F2NO/c1-9-2-3-10(17)6-13(9)16-8-14(19)12-5-4-11(18)7-15(12)20-16/h2-7,14,16H,8,19H2,1H3/t14-,16?/m1/s1. The lowest BCUT2D eigenvalue weighted by Gasteiger charge is -2.31. The van der Waals surface area contributed by atoms with Gasteiger partial charge < -0.3 is 10.5 Å². The molecule has 2 nitrogen and oxygen atoms in total. The Morgan fingerprint density at radius 1 is 1.05 bits per heavy atom. The van der Waals surface area contributed by atoms with Crippen LogP contribution in [0.4, 0.5) is 8.78 Å². The van der Waals surface area contributed by atoms with Gasteiger partial charge in [0.1, 0.15) is 23.5 Å². The van der Waals surface area contributed by atoms with Crippen LogP contribution in [0.25, 0.3) is 0 Å². The van der Waals surface area contributed by atoms with Gasteiger partial charge in [0.2, 0.25) is 0 Å². The number of hydrogen-bond acceptors (Lipinski definition) is 2. The lowest BCUT2D eigenvalue weighted by atomic mass is 9.91. The van der Waals surface area contributed by atoms with Crippen LogP contribution in [-0.2, 0) is 0 Å². The zero-order chi connectivity index (χ0) is 14.3. The average molecular weight is 275 g/mol. The number of rotatable bonds is 1. The summed E-state index contributed by atoms with van der Waals surface area (Å²) in [5.74, 6) is -0.238. The number of nitrogens with two attached hydrogens (primary N) is 1. The Morgan fingerprint density at radius 3 is 2.55 bits per heavy atom. The second-order valence-corrected chi connectivity index (χ2v) is 5.13. The van der Waals surface area contributed by atoms with E-state index >= 15 is 0 Å². The lowest BCUT2D eigenvalue weighted by molar-refractivity contribution is 0.159. The Bertz CT molecular complexity index is 657. The molecule has 1 aliphatic rings. The van der Waals surface area contributed by atoms with Crippen molar-refractivity contribution in [1.82, 2.24) is 0 Å². The van der Waals surface area contributed by atoms with Gasteiger partial charge in [-0.05, 0) is 36.2 Å². The van der Waals surface area contributed by atoms with Crippen LogP contribution in [0.3, 0.4) is 0 Å². The zero-order valence-corrected chi connectivity index (χ0v) is 11.1. The first-order chi connectivity index (χ1) is 9.54. The number of halogens is 2. The third-order valence-electron chi connectivity index (χ3n) is 3.70. The van der Waals surface area contributed by atoms with Gasteiger partial charge in [-0.1, -0.05) is 12.1 Å². The van der Waals surface area contributed by atoms with Gasteiger partial charge in [-0.3, -0.25) is 0 Å². The Labute approximate surface area is 116 Å². The summed E-state index contributed by atoms with van der Waals surface area (Å²) in [4.78, 5) is 0. The highest BCUT2D eigenvalue weighted by Gasteiger charge is 2.28. The van der Waals surface area contributed by atoms with Crippen LogP contribution < -0.4 is 10.5 Å². The van der Waals surface area contributed by atoms with Gasteiger partial charge in [-0.25, -0.2) is 8.78 Å². The SMILES string of the molecule is Cc1ccc(F)cc1C1C[C@@H](N)c2ccc(F)cc2O1. The molecule has 1 aliphatic heterocycles. The minimum Gasteiger partial charge on any atom is -0.485 e. The molecular formula is C16H15F2NO. The number of fused-ring (bicyclic) bond motifs is 1. The smallest absolute Gasteiger partial charge is 0.127 e. The van der Waals surface area contributed by atoms with Gasteiger partial charge in [-0.2, -0.15) is 0 Å². The molecule has 1 heterocycles. The van der Waals surface area contributed by atoms with Crippen molar-refractivity contribution in [2.45, 2.75) is 25.5 Å². The van der Waals surface area contributed by atoms with Crippen molar-refractivity contribution in [3.63, 3.8) is 0 Å². The summed E-state index contributed by atoms with van der Waals surface area (Å²) in [7, 11) is 0. The predicted octanol–water partition coefficient (Wildman–Crippen LogP) is 3.80. The summed E-state index contributed by atoms with van der Waals surface area (Å²) in [6.07, 6.45) is 0.193. The summed E-state index contributed by atoms with van der Waals surface area (Å²) >= 11 is 0. The predicted molar refractivity (Wildman–Crippen MR) is 72.5 cm³/mol. The van der Waals surface area contributed by atoms with Crippen molar-refractivity contribution in [2.24, 2.45) is 5.73 Å². The largest absolute Gasteiger partial charge is 0.485 e. The third kappa shape index (κ3) is 2.27. The van der Waals surface area contributed by atoms with Crippen LogP contribution in [0.1, 0.15) is 35.3 Å². The molecule has 2 N–H and O–H groups in total. The molecule has 0 saturated carbocycles. The number of hydrogen-bond donors (Lipinski definition) is 1. The molecule has 3 rings (SSSR count). The molecule has 1 unspecified atom stereocenters. The quantitative estimate of drug-likeness (QED) is 0.859. The molecule has 0 amide bonds. The van der Waals surface area contributed by atoms with E-state index in [0.29, 0.717) is 12.2 Å². The molecule has 2 aromatic carbocycles. The monoisotopic (exact) mass is 275 g/mol. The molecule has 104 valence electrons. The normalized spacial score (nSPS) is 21.2. The molecule has 0 radical (unpaired) electrons. The molecule has 0 bridgehead atoms. The van der Waals surface area contributed by atoms with Crippen LogP contribution >= 0.6 is 0 Å². The van der Waals surface area contributed by atoms with Crippen molar-refractivity contribution >= 4 is 0 Å². The minimum atomic E-state index is -0.368. The Morgan fingerprint density at radius 2 is 1.75 bits per heavy atom. The Hall–Kier alpha value is -1.94. The lowest BCUT2D eigenvalue weighted by Crippen LogP contribution is -2.24. The minimum absolute atomic E-state index is 0.244. The molecule has 0 saturated heterocycles. The van der Waals surface area contributed by atoms with Gasteiger partial charge in [0.05, 0.1) is 0 Å². The van der Waals surface area contributed by atoms with E-state index in [9.17, 15) is 8.78 Å². The van der Waals surface area contributed by atoms with Crippen molar-refractivity contribution in [1.29, 1.82) is 0 Å². The maximum atomic E-state index is 13.4. The number of benzene rings is 2. The maximum Gasteiger partial charge on any atom is 0.127 e. The molecule has 20 heavy (non-hydrogen) atoms. The first-order valence-electron chi connectivity index (χ1n) is 6.52. The molecule has 2 aromatic rings. The van der Waals surface area contributed by atoms with E-state index < -0.39 is 0 Å². The Kier molecular flexibility index (Phi) is 3.18. The third-order valence-corrected chi connectivity index (χ3v) is 3.70. The highest BCUT2D eigenvalue weighted by Crippen LogP contribution is 2.40. The van der Waals surface area contributed by atoms with Crippen LogP contribution in [0.15, 0.2) is 36.4 Å². The van der Waals surface area contributed by atoms with Crippen molar-refractivity contribution in [2.75, 3.05) is 0 Å². The van der Waals surface area contributed by atoms with Crippen LogP contribution in [0.5, 0.6) is 5.75 Å². The molecule has 2 atom stereocenters. The van der Waals surface area contributed by atoms with E-state index in [1.54, 1.807) is 12.1 Å². The fourth-order valence-electron chi connectivity index (χ4n) is 2.62. The van der Waals surface area contributed by atoms with Gasteiger partial charge in [0.25, 0.3) is 0 Å². The highest BCUT2D eigenvalue weighted by atomic mass is 19.1. The van der Waals surface area contributed by atoms with Crippen LogP contribution in [0.2, 0.25) is 0 Å². The second kappa shape index (κ2) is 4.87. The summed E-state index contributed by atoms with van der Waals surface area (Å²) in [5.41, 5.74) is 8.60. The molecule has 0 aliphatic carbocycles. The van der Waals surface area contributed by atoms with Crippen LogP contribution in [0, 0.1) is 18.6 Å². The topological polar surface area (TPSA) is 35.2 Å². The molecule has 0 aromatic heterocycles. The highest BCUT2D eigenvalue weighted by molar-refractivity contribution is 5.40. The fourth-order valence-corrected chi connectivity index (χ4v) is 2.62. The summed E-state index contributed by atoms with van der Waals surface area (Å²) in [6, 6.07) is 8.68.